The first-order valence-corrected chi connectivity index (χ1v) is 8.79. The monoisotopic (exact) mass is 339 g/mol. The molecule has 2 aromatic rings. The number of nitrogen functional groups attached to an aromatic ring is 1. The molecule has 0 saturated carbocycles. The van der Waals surface area contributed by atoms with Crippen LogP contribution in [0.1, 0.15) is 24.8 Å². The van der Waals surface area contributed by atoms with Crippen molar-refractivity contribution in [2.75, 3.05) is 29.0 Å². The fourth-order valence-corrected chi connectivity index (χ4v) is 3.18. The minimum Gasteiger partial charge on any atom is -0.399 e. The predicted octanol–water partition coefficient (Wildman–Crippen LogP) is 2.80. The molecule has 1 fully saturated rings. The summed E-state index contributed by atoms with van der Waals surface area (Å²) >= 11 is 0. The van der Waals surface area contributed by atoms with E-state index in [0.717, 1.165) is 48.6 Å². The van der Waals surface area contributed by atoms with Crippen molar-refractivity contribution in [3.63, 3.8) is 0 Å². The van der Waals surface area contributed by atoms with Crippen molar-refractivity contribution < 1.29 is 9.90 Å². The van der Waals surface area contributed by atoms with E-state index in [9.17, 15) is 9.90 Å². The van der Waals surface area contributed by atoms with Gasteiger partial charge in [-0.25, -0.2) is 0 Å². The number of piperidine rings is 1. The second kappa shape index (κ2) is 8.03. The molecule has 1 amide bonds. The fourth-order valence-electron chi connectivity index (χ4n) is 3.18. The summed E-state index contributed by atoms with van der Waals surface area (Å²) < 4.78 is 0. The van der Waals surface area contributed by atoms with Crippen LogP contribution in [0.5, 0.6) is 0 Å². The summed E-state index contributed by atoms with van der Waals surface area (Å²) in [4.78, 5) is 14.6. The lowest BCUT2D eigenvalue weighted by molar-refractivity contribution is -0.116. The van der Waals surface area contributed by atoms with Gasteiger partial charge >= 0.3 is 0 Å². The van der Waals surface area contributed by atoms with Crippen molar-refractivity contribution >= 4 is 23.0 Å². The second-order valence-electron chi connectivity index (χ2n) is 6.48. The number of aliphatic hydroxyl groups is 1. The number of carbonyl (C=O) groups is 1. The predicted molar refractivity (Wildman–Crippen MR) is 102 cm³/mol. The van der Waals surface area contributed by atoms with Crippen LogP contribution in [0.2, 0.25) is 0 Å². The van der Waals surface area contributed by atoms with Crippen molar-refractivity contribution in [3.05, 3.63) is 54.1 Å². The van der Waals surface area contributed by atoms with Crippen molar-refractivity contribution in [3.8, 4) is 0 Å². The van der Waals surface area contributed by atoms with Gasteiger partial charge < -0.3 is 21.1 Å². The van der Waals surface area contributed by atoms with Gasteiger partial charge in [0.1, 0.15) is 0 Å². The van der Waals surface area contributed by atoms with E-state index in [2.05, 4.69) is 10.2 Å². The first-order valence-electron chi connectivity index (χ1n) is 8.79. The zero-order valence-corrected chi connectivity index (χ0v) is 14.3. The van der Waals surface area contributed by atoms with E-state index in [-0.39, 0.29) is 12.0 Å². The first-order chi connectivity index (χ1) is 12.1. The molecule has 3 rings (SSSR count). The molecule has 0 aromatic heterocycles. The van der Waals surface area contributed by atoms with E-state index in [4.69, 9.17) is 5.73 Å². The maximum absolute atomic E-state index is 12.4. The minimum absolute atomic E-state index is 0.0206. The van der Waals surface area contributed by atoms with Gasteiger partial charge in [0.25, 0.3) is 0 Å². The molecule has 1 aliphatic heterocycles. The summed E-state index contributed by atoms with van der Waals surface area (Å²) in [5.74, 6) is -0.0206. The van der Waals surface area contributed by atoms with Gasteiger partial charge in [0.05, 0.1) is 17.5 Å². The average Bonchev–Trinajstić information content (AvgIpc) is 2.62. The van der Waals surface area contributed by atoms with Crippen molar-refractivity contribution in [1.82, 2.24) is 0 Å². The van der Waals surface area contributed by atoms with E-state index in [1.807, 2.05) is 48.5 Å². The molecule has 0 radical (unpaired) electrons. The second-order valence-corrected chi connectivity index (χ2v) is 6.48. The number of hydrogen-bond donors (Lipinski definition) is 3. The molecule has 1 aliphatic rings. The Labute approximate surface area is 148 Å². The normalized spacial score (nSPS) is 15.2. The highest BCUT2D eigenvalue weighted by Crippen LogP contribution is 2.28. The lowest BCUT2D eigenvalue weighted by Gasteiger charge is -2.32. The van der Waals surface area contributed by atoms with Gasteiger partial charge in [0.2, 0.25) is 5.91 Å². The highest BCUT2D eigenvalue weighted by molar-refractivity contribution is 5.94. The molecule has 4 N–H and O–H groups in total. The van der Waals surface area contributed by atoms with Gasteiger partial charge in [-0.05, 0) is 43.0 Å². The number of hydrogen-bond acceptors (Lipinski definition) is 4. The smallest absolute Gasteiger partial charge is 0.224 e. The third kappa shape index (κ3) is 4.51. The quantitative estimate of drug-likeness (QED) is 0.732. The van der Waals surface area contributed by atoms with E-state index in [0.29, 0.717) is 12.8 Å². The Bertz CT molecular complexity index is 724. The Morgan fingerprint density at radius 2 is 1.80 bits per heavy atom. The molecule has 0 atom stereocenters. The molecule has 5 heteroatoms. The van der Waals surface area contributed by atoms with Crippen LogP contribution in [0.15, 0.2) is 48.5 Å². The van der Waals surface area contributed by atoms with Crippen molar-refractivity contribution in [2.24, 2.45) is 0 Å². The largest absolute Gasteiger partial charge is 0.399 e. The van der Waals surface area contributed by atoms with Gasteiger partial charge in [-0.2, -0.15) is 0 Å². The Kier molecular flexibility index (Phi) is 5.56. The Balaban J connectivity index is 1.62. The Morgan fingerprint density at radius 1 is 1.12 bits per heavy atom. The SMILES string of the molecule is Nc1ccccc1CCC(=O)Nc1ccccc1N1CCC(O)CC1. The van der Waals surface area contributed by atoms with Crippen LogP contribution in [0.4, 0.5) is 17.1 Å². The maximum atomic E-state index is 12.4. The molecule has 2 aromatic carbocycles. The summed E-state index contributed by atoms with van der Waals surface area (Å²) in [5.41, 5.74) is 9.49. The number of aliphatic hydroxyl groups excluding tert-OH is 1. The van der Waals surface area contributed by atoms with Crippen LogP contribution in [0.3, 0.4) is 0 Å². The van der Waals surface area contributed by atoms with E-state index in [1.54, 1.807) is 0 Å². The number of para-hydroxylation sites is 3. The number of benzene rings is 2. The summed E-state index contributed by atoms with van der Waals surface area (Å²) in [7, 11) is 0. The highest BCUT2D eigenvalue weighted by Gasteiger charge is 2.19. The van der Waals surface area contributed by atoms with Crippen LogP contribution in [0, 0.1) is 0 Å². The highest BCUT2D eigenvalue weighted by atomic mass is 16.3. The summed E-state index contributed by atoms with van der Waals surface area (Å²) in [5, 5.41) is 12.7. The lowest BCUT2D eigenvalue weighted by atomic mass is 10.1. The fraction of sp³-hybridized carbons (Fsp3) is 0.350. The van der Waals surface area contributed by atoms with E-state index < -0.39 is 0 Å². The molecule has 25 heavy (non-hydrogen) atoms. The average molecular weight is 339 g/mol. The summed E-state index contributed by atoms with van der Waals surface area (Å²) in [6, 6.07) is 15.5. The molecule has 1 heterocycles. The third-order valence-corrected chi connectivity index (χ3v) is 4.66. The van der Waals surface area contributed by atoms with Gasteiger partial charge in [-0.3, -0.25) is 4.79 Å². The summed E-state index contributed by atoms with van der Waals surface area (Å²) in [6.07, 6.45) is 2.32. The number of nitrogens with one attached hydrogen (secondary N) is 1. The molecule has 1 saturated heterocycles. The number of rotatable bonds is 5. The standard InChI is InChI=1S/C20H25N3O2/c21-17-6-2-1-5-15(17)9-10-20(25)22-18-7-3-4-8-19(18)23-13-11-16(24)12-14-23/h1-8,16,24H,9-14,21H2,(H,22,25). The van der Waals surface area contributed by atoms with Crippen LogP contribution >= 0.6 is 0 Å². The Morgan fingerprint density at radius 3 is 2.56 bits per heavy atom. The number of nitrogens with zero attached hydrogens (tertiary/aromatic N) is 1. The number of anilines is 3. The van der Waals surface area contributed by atoms with Gasteiger partial charge in [0.15, 0.2) is 0 Å². The number of nitrogens with two attached hydrogens (primary N) is 1. The van der Waals surface area contributed by atoms with Crippen molar-refractivity contribution in [1.29, 1.82) is 0 Å². The van der Waals surface area contributed by atoms with Crippen LogP contribution in [0.25, 0.3) is 0 Å². The van der Waals surface area contributed by atoms with Gasteiger partial charge in [-0.15, -0.1) is 0 Å². The molecule has 0 spiro atoms. The van der Waals surface area contributed by atoms with Crippen molar-refractivity contribution in [2.45, 2.75) is 31.8 Å². The van der Waals surface area contributed by atoms with E-state index >= 15 is 0 Å². The molecule has 0 aliphatic carbocycles. The molecular weight excluding hydrogens is 314 g/mol. The number of aryl methyl sites for hydroxylation is 1. The Hall–Kier alpha value is -2.53. The molecule has 0 unspecified atom stereocenters. The van der Waals surface area contributed by atoms with Crippen LogP contribution < -0.4 is 16.0 Å². The molecule has 5 nitrogen and oxygen atoms in total. The number of amides is 1. The van der Waals surface area contributed by atoms with Gasteiger partial charge in [0, 0.05) is 25.2 Å². The third-order valence-electron chi connectivity index (χ3n) is 4.66. The van der Waals surface area contributed by atoms with Crippen LogP contribution in [-0.2, 0) is 11.2 Å². The van der Waals surface area contributed by atoms with Crippen LogP contribution in [-0.4, -0.2) is 30.2 Å². The molecular formula is C20H25N3O2. The minimum atomic E-state index is -0.214. The topological polar surface area (TPSA) is 78.6 Å². The lowest BCUT2D eigenvalue weighted by Crippen LogP contribution is -2.36. The summed E-state index contributed by atoms with van der Waals surface area (Å²) in [6.45, 7) is 1.60. The van der Waals surface area contributed by atoms with Gasteiger partial charge in [-0.1, -0.05) is 30.3 Å². The molecule has 132 valence electrons. The molecule has 0 bridgehead atoms. The van der Waals surface area contributed by atoms with E-state index in [1.165, 1.54) is 0 Å². The zero-order valence-electron chi connectivity index (χ0n) is 14.3. The maximum Gasteiger partial charge on any atom is 0.224 e. The first kappa shape index (κ1) is 17.3. The number of carbonyl (C=O) groups excluding carboxylic acids is 1. The zero-order chi connectivity index (χ0) is 17.6.